The molecule has 0 spiro atoms. The number of nitrogens with one attached hydrogen (secondary N) is 2. The first-order valence-electron chi connectivity index (χ1n) is 6.41. The van der Waals surface area contributed by atoms with Crippen molar-refractivity contribution in [1.29, 1.82) is 0 Å². The van der Waals surface area contributed by atoms with E-state index in [1.807, 2.05) is 0 Å². The number of furan rings is 1. The van der Waals surface area contributed by atoms with E-state index in [4.69, 9.17) is 14.9 Å². The summed E-state index contributed by atoms with van der Waals surface area (Å²) in [6.45, 7) is 2.71. The minimum Gasteiger partial charge on any atom is -0.459 e. The number of ether oxygens (including phenoxy) is 1. The number of primary amides is 1. The number of amides is 4. The van der Waals surface area contributed by atoms with Gasteiger partial charge in [0.05, 0.1) is 6.26 Å². The van der Waals surface area contributed by atoms with Gasteiger partial charge in [0.1, 0.15) is 6.04 Å². The molecule has 0 radical (unpaired) electrons. The normalized spacial score (nSPS) is 11.6. The molecule has 9 nitrogen and oxygen atoms in total. The largest absolute Gasteiger partial charge is 0.459 e. The SMILES string of the molecule is CC(C)[C@H](NC(=O)c1ccco1)C(=O)OCC(=O)NC(N)=O. The lowest BCUT2D eigenvalue weighted by Crippen LogP contribution is -2.46. The number of hydrogen-bond acceptors (Lipinski definition) is 6. The monoisotopic (exact) mass is 311 g/mol. The molecule has 0 unspecified atom stereocenters. The molecule has 0 saturated carbocycles. The highest BCUT2D eigenvalue weighted by Gasteiger charge is 2.27. The number of esters is 1. The molecule has 1 aromatic rings. The van der Waals surface area contributed by atoms with Crippen LogP contribution in [-0.2, 0) is 14.3 Å². The molecule has 0 saturated heterocycles. The summed E-state index contributed by atoms with van der Waals surface area (Å²) < 4.78 is 9.66. The average Bonchev–Trinajstić information content (AvgIpc) is 2.95. The summed E-state index contributed by atoms with van der Waals surface area (Å²) in [6, 6.07) is 0.955. The third-order valence-corrected chi connectivity index (χ3v) is 2.56. The fourth-order valence-electron chi connectivity index (χ4n) is 1.52. The van der Waals surface area contributed by atoms with Gasteiger partial charge in [-0.1, -0.05) is 13.8 Å². The summed E-state index contributed by atoms with van der Waals surface area (Å²) >= 11 is 0. The van der Waals surface area contributed by atoms with E-state index in [0.29, 0.717) is 0 Å². The van der Waals surface area contributed by atoms with Gasteiger partial charge >= 0.3 is 12.0 Å². The zero-order chi connectivity index (χ0) is 16.7. The summed E-state index contributed by atoms with van der Waals surface area (Å²) in [5, 5.41) is 4.20. The summed E-state index contributed by atoms with van der Waals surface area (Å²) in [5.41, 5.74) is 4.75. The van der Waals surface area contributed by atoms with Crippen molar-refractivity contribution in [2.75, 3.05) is 6.61 Å². The molecule has 1 aromatic heterocycles. The van der Waals surface area contributed by atoms with E-state index in [1.165, 1.54) is 18.4 Å². The molecule has 9 heteroatoms. The Balaban J connectivity index is 2.59. The van der Waals surface area contributed by atoms with Crippen LogP contribution < -0.4 is 16.4 Å². The second-order valence-electron chi connectivity index (χ2n) is 4.69. The molecule has 0 aliphatic carbocycles. The van der Waals surface area contributed by atoms with Gasteiger partial charge in [-0.3, -0.25) is 14.9 Å². The van der Waals surface area contributed by atoms with Crippen molar-refractivity contribution in [2.45, 2.75) is 19.9 Å². The molecule has 4 N–H and O–H groups in total. The van der Waals surface area contributed by atoms with Gasteiger partial charge in [0.25, 0.3) is 11.8 Å². The molecule has 0 fully saturated rings. The van der Waals surface area contributed by atoms with E-state index in [9.17, 15) is 19.2 Å². The van der Waals surface area contributed by atoms with Crippen LogP contribution >= 0.6 is 0 Å². The zero-order valence-corrected chi connectivity index (χ0v) is 12.1. The fourth-order valence-corrected chi connectivity index (χ4v) is 1.52. The Morgan fingerprint density at radius 1 is 1.32 bits per heavy atom. The van der Waals surface area contributed by atoms with Crippen LogP contribution in [0, 0.1) is 5.92 Å². The van der Waals surface area contributed by atoms with E-state index in [0.717, 1.165) is 0 Å². The van der Waals surface area contributed by atoms with Crippen molar-refractivity contribution in [3.05, 3.63) is 24.2 Å². The lowest BCUT2D eigenvalue weighted by atomic mass is 10.0. The number of hydrogen-bond donors (Lipinski definition) is 3. The Morgan fingerprint density at radius 3 is 2.50 bits per heavy atom. The summed E-state index contributed by atoms with van der Waals surface area (Å²) in [6.07, 6.45) is 1.33. The molecule has 120 valence electrons. The summed E-state index contributed by atoms with van der Waals surface area (Å²) in [4.78, 5) is 45.4. The van der Waals surface area contributed by atoms with Crippen molar-refractivity contribution in [1.82, 2.24) is 10.6 Å². The molecule has 0 aliphatic rings. The standard InChI is InChI=1S/C13H17N3O6/c1-7(2)10(16-11(18)8-4-3-5-21-8)12(19)22-6-9(17)15-13(14)20/h3-5,7,10H,6H2,1-2H3,(H,16,18)(H3,14,15,17,20)/t10-/m0/s1. The highest BCUT2D eigenvalue weighted by molar-refractivity contribution is 5.96. The van der Waals surface area contributed by atoms with Gasteiger partial charge in [-0.25, -0.2) is 9.59 Å². The Bertz CT molecular complexity index is 552. The number of rotatable bonds is 6. The van der Waals surface area contributed by atoms with E-state index in [-0.39, 0.29) is 11.7 Å². The Labute approximate surface area is 126 Å². The molecule has 1 heterocycles. The van der Waals surface area contributed by atoms with Crippen molar-refractivity contribution in [3.63, 3.8) is 0 Å². The minimum absolute atomic E-state index is 0.0462. The van der Waals surface area contributed by atoms with E-state index in [2.05, 4.69) is 5.32 Å². The van der Waals surface area contributed by atoms with Crippen molar-refractivity contribution in [3.8, 4) is 0 Å². The topological polar surface area (TPSA) is 141 Å². The summed E-state index contributed by atoms with van der Waals surface area (Å²) in [5.74, 6) is -2.49. The Kier molecular flexibility index (Phi) is 6.11. The summed E-state index contributed by atoms with van der Waals surface area (Å²) in [7, 11) is 0. The molecule has 1 atom stereocenters. The molecule has 0 bridgehead atoms. The van der Waals surface area contributed by atoms with E-state index in [1.54, 1.807) is 19.2 Å². The van der Waals surface area contributed by atoms with Gasteiger partial charge in [0.15, 0.2) is 12.4 Å². The van der Waals surface area contributed by atoms with E-state index >= 15 is 0 Å². The van der Waals surface area contributed by atoms with Crippen molar-refractivity contribution in [2.24, 2.45) is 11.7 Å². The molecule has 4 amide bonds. The molecular formula is C13H17N3O6. The smallest absolute Gasteiger partial charge is 0.329 e. The van der Waals surface area contributed by atoms with Crippen LogP contribution in [0.25, 0.3) is 0 Å². The number of carbonyl (C=O) groups is 4. The van der Waals surface area contributed by atoms with Crippen LogP contribution in [0.4, 0.5) is 4.79 Å². The number of nitrogens with two attached hydrogens (primary N) is 1. The first-order valence-corrected chi connectivity index (χ1v) is 6.41. The molecule has 0 aliphatic heterocycles. The maximum absolute atomic E-state index is 11.9. The Hall–Kier alpha value is -2.84. The molecule has 0 aromatic carbocycles. The second-order valence-corrected chi connectivity index (χ2v) is 4.69. The fraction of sp³-hybridized carbons (Fsp3) is 0.385. The van der Waals surface area contributed by atoms with Crippen molar-refractivity contribution >= 4 is 23.8 Å². The van der Waals surface area contributed by atoms with Crippen LogP contribution in [0.2, 0.25) is 0 Å². The van der Waals surface area contributed by atoms with Gasteiger partial charge in [0, 0.05) is 0 Å². The highest BCUT2D eigenvalue weighted by atomic mass is 16.5. The van der Waals surface area contributed by atoms with Gasteiger partial charge in [-0.05, 0) is 18.1 Å². The average molecular weight is 311 g/mol. The van der Waals surface area contributed by atoms with Crippen molar-refractivity contribution < 1.29 is 28.3 Å². The number of urea groups is 1. The van der Waals surface area contributed by atoms with Gasteiger partial charge in [0.2, 0.25) is 0 Å². The van der Waals surface area contributed by atoms with Crippen LogP contribution in [-0.4, -0.2) is 36.5 Å². The third kappa shape index (κ3) is 5.27. The Morgan fingerprint density at radius 2 is 2.00 bits per heavy atom. The van der Waals surface area contributed by atoms with Crippen LogP contribution in [0.5, 0.6) is 0 Å². The maximum atomic E-state index is 11.9. The number of imide groups is 1. The van der Waals surface area contributed by atoms with Gasteiger partial charge in [-0.15, -0.1) is 0 Å². The number of carbonyl (C=O) groups excluding carboxylic acids is 4. The minimum atomic E-state index is -1.05. The van der Waals surface area contributed by atoms with Gasteiger partial charge in [-0.2, -0.15) is 0 Å². The first kappa shape index (κ1) is 17.2. The predicted octanol–water partition coefficient (Wildman–Crippen LogP) is -0.228. The van der Waals surface area contributed by atoms with Crippen LogP contribution in [0.3, 0.4) is 0 Å². The lowest BCUT2D eigenvalue weighted by Gasteiger charge is -2.20. The lowest BCUT2D eigenvalue weighted by molar-refractivity contribution is -0.151. The predicted molar refractivity (Wildman–Crippen MR) is 73.5 cm³/mol. The maximum Gasteiger partial charge on any atom is 0.329 e. The van der Waals surface area contributed by atoms with Gasteiger partial charge < -0.3 is 20.2 Å². The van der Waals surface area contributed by atoms with Crippen LogP contribution in [0.1, 0.15) is 24.4 Å². The third-order valence-electron chi connectivity index (χ3n) is 2.56. The first-order chi connectivity index (χ1) is 10.3. The quantitative estimate of drug-likeness (QED) is 0.620. The molecule has 22 heavy (non-hydrogen) atoms. The second kappa shape index (κ2) is 7.81. The molecular weight excluding hydrogens is 294 g/mol. The van der Waals surface area contributed by atoms with Crippen LogP contribution in [0.15, 0.2) is 22.8 Å². The zero-order valence-electron chi connectivity index (χ0n) is 12.1. The molecule has 1 rings (SSSR count). The highest BCUT2D eigenvalue weighted by Crippen LogP contribution is 2.07. The van der Waals surface area contributed by atoms with E-state index < -0.39 is 36.5 Å².